The van der Waals surface area contributed by atoms with Crippen molar-refractivity contribution in [2.24, 2.45) is 11.7 Å². The van der Waals surface area contributed by atoms with Crippen LogP contribution in [0.25, 0.3) is 0 Å². The quantitative estimate of drug-likeness (QED) is 0.866. The number of sulfonamides is 1. The Labute approximate surface area is 117 Å². The Bertz CT molecular complexity index is 527. The van der Waals surface area contributed by atoms with Crippen molar-refractivity contribution >= 4 is 26.0 Å². The van der Waals surface area contributed by atoms with E-state index < -0.39 is 10.0 Å². The van der Waals surface area contributed by atoms with Crippen molar-refractivity contribution in [1.29, 1.82) is 0 Å². The van der Waals surface area contributed by atoms with Gasteiger partial charge in [-0.1, -0.05) is 19.9 Å². The first-order chi connectivity index (χ1) is 8.27. The number of hydrogen-bond donors (Lipinski definition) is 2. The zero-order valence-electron chi connectivity index (χ0n) is 10.8. The third-order valence-electron chi connectivity index (χ3n) is 2.49. The minimum absolute atomic E-state index is 0.253. The Morgan fingerprint density at radius 2 is 2.00 bits per heavy atom. The molecule has 0 bridgehead atoms. The van der Waals surface area contributed by atoms with Crippen LogP contribution in [0.3, 0.4) is 0 Å². The topological polar surface area (TPSA) is 72.2 Å². The van der Waals surface area contributed by atoms with E-state index in [1.807, 2.05) is 26.8 Å². The first kappa shape index (κ1) is 15.6. The molecule has 0 saturated carbocycles. The van der Waals surface area contributed by atoms with E-state index in [9.17, 15) is 8.42 Å². The lowest BCUT2D eigenvalue weighted by atomic mass is 10.1. The van der Waals surface area contributed by atoms with Gasteiger partial charge in [0, 0.05) is 17.6 Å². The van der Waals surface area contributed by atoms with E-state index in [1.54, 1.807) is 6.07 Å². The van der Waals surface area contributed by atoms with Gasteiger partial charge in [-0.05, 0) is 46.0 Å². The molecule has 102 valence electrons. The second-order valence-corrected chi connectivity index (χ2v) is 7.20. The molecule has 18 heavy (non-hydrogen) atoms. The standard InChI is InChI=1S/C12H19BrN2O2S/c1-8(2)7-15-18(16,17)11-5-10(6-14)4-9(3)12(11)13/h4-5,8,15H,6-7,14H2,1-3H3. The minimum atomic E-state index is -3.49. The highest BCUT2D eigenvalue weighted by molar-refractivity contribution is 9.10. The molecule has 0 aliphatic heterocycles. The Morgan fingerprint density at radius 3 is 2.50 bits per heavy atom. The molecule has 0 aromatic heterocycles. The largest absolute Gasteiger partial charge is 0.326 e. The summed E-state index contributed by atoms with van der Waals surface area (Å²) in [6.45, 7) is 6.50. The van der Waals surface area contributed by atoms with E-state index in [4.69, 9.17) is 5.73 Å². The van der Waals surface area contributed by atoms with E-state index >= 15 is 0 Å². The Kier molecular flexibility index (Phi) is 5.33. The molecule has 4 nitrogen and oxygen atoms in total. The average Bonchev–Trinajstić information content (AvgIpc) is 2.29. The van der Waals surface area contributed by atoms with Gasteiger partial charge in [0.15, 0.2) is 0 Å². The zero-order valence-corrected chi connectivity index (χ0v) is 13.2. The molecule has 0 unspecified atom stereocenters. The Balaban J connectivity index is 3.19. The number of halogens is 1. The SMILES string of the molecule is Cc1cc(CN)cc(S(=O)(=O)NCC(C)C)c1Br. The fourth-order valence-corrected chi connectivity index (χ4v) is 3.76. The molecular weight excluding hydrogens is 316 g/mol. The van der Waals surface area contributed by atoms with Crippen molar-refractivity contribution in [1.82, 2.24) is 4.72 Å². The first-order valence-corrected chi connectivity index (χ1v) is 8.04. The predicted molar refractivity (Wildman–Crippen MR) is 76.8 cm³/mol. The van der Waals surface area contributed by atoms with Gasteiger partial charge in [-0.15, -0.1) is 0 Å². The smallest absolute Gasteiger partial charge is 0.241 e. The number of nitrogens with one attached hydrogen (secondary N) is 1. The molecule has 0 fully saturated rings. The van der Waals surface area contributed by atoms with Gasteiger partial charge in [0.25, 0.3) is 0 Å². The molecule has 0 saturated heterocycles. The van der Waals surface area contributed by atoms with Gasteiger partial charge >= 0.3 is 0 Å². The zero-order chi connectivity index (χ0) is 13.9. The third kappa shape index (κ3) is 3.78. The van der Waals surface area contributed by atoms with E-state index in [1.165, 1.54) is 0 Å². The van der Waals surface area contributed by atoms with E-state index in [0.717, 1.165) is 11.1 Å². The molecule has 0 atom stereocenters. The number of nitrogens with two attached hydrogens (primary N) is 1. The summed E-state index contributed by atoms with van der Waals surface area (Å²) in [4.78, 5) is 0.253. The molecule has 1 aromatic rings. The highest BCUT2D eigenvalue weighted by Gasteiger charge is 2.19. The molecule has 3 N–H and O–H groups in total. The van der Waals surface area contributed by atoms with Crippen molar-refractivity contribution in [3.8, 4) is 0 Å². The number of rotatable bonds is 5. The van der Waals surface area contributed by atoms with Crippen molar-refractivity contribution in [2.45, 2.75) is 32.2 Å². The van der Waals surface area contributed by atoms with Crippen LogP contribution >= 0.6 is 15.9 Å². The molecule has 6 heteroatoms. The van der Waals surface area contributed by atoms with Gasteiger partial charge in [0.1, 0.15) is 0 Å². The van der Waals surface area contributed by atoms with Crippen LogP contribution in [-0.2, 0) is 16.6 Å². The molecule has 0 aliphatic rings. The van der Waals surface area contributed by atoms with Crippen LogP contribution in [-0.4, -0.2) is 15.0 Å². The summed E-state index contributed by atoms with van der Waals surface area (Å²) in [7, 11) is -3.49. The lowest BCUT2D eigenvalue weighted by Gasteiger charge is -2.13. The van der Waals surface area contributed by atoms with Crippen LogP contribution < -0.4 is 10.5 Å². The minimum Gasteiger partial charge on any atom is -0.326 e. The summed E-state index contributed by atoms with van der Waals surface area (Å²) in [5.41, 5.74) is 7.24. The normalized spacial score (nSPS) is 12.1. The number of hydrogen-bond acceptors (Lipinski definition) is 3. The first-order valence-electron chi connectivity index (χ1n) is 5.76. The van der Waals surface area contributed by atoms with Gasteiger partial charge in [0.05, 0.1) is 4.90 Å². The molecule has 0 spiro atoms. The molecular formula is C12H19BrN2O2S. The maximum absolute atomic E-state index is 12.2. The van der Waals surface area contributed by atoms with Crippen molar-refractivity contribution in [2.75, 3.05) is 6.54 Å². The summed E-state index contributed by atoms with van der Waals surface area (Å²) in [5, 5.41) is 0. The van der Waals surface area contributed by atoms with Gasteiger partial charge in [-0.25, -0.2) is 13.1 Å². The third-order valence-corrected chi connectivity index (χ3v) is 5.25. The van der Waals surface area contributed by atoms with Crippen LogP contribution in [0.1, 0.15) is 25.0 Å². The van der Waals surface area contributed by atoms with Crippen LogP contribution in [0.4, 0.5) is 0 Å². The second kappa shape index (κ2) is 6.14. The fraction of sp³-hybridized carbons (Fsp3) is 0.500. The van der Waals surface area contributed by atoms with Gasteiger partial charge in [-0.3, -0.25) is 0 Å². The van der Waals surface area contributed by atoms with Gasteiger partial charge in [-0.2, -0.15) is 0 Å². The van der Waals surface area contributed by atoms with E-state index in [2.05, 4.69) is 20.7 Å². The predicted octanol–water partition coefficient (Wildman–Crippen LogP) is 2.15. The second-order valence-electron chi connectivity index (χ2n) is 4.67. The van der Waals surface area contributed by atoms with Crippen LogP contribution in [0.5, 0.6) is 0 Å². The van der Waals surface area contributed by atoms with Crippen LogP contribution in [0, 0.1) is 12.8 Å². The lowest BCUT2D eigenvalue weighted by Crippen LogP contribution is -2.28. The fourth-order valence-electron chi connectivity index (χ4n) is 1.48. The molecule has 1 aromatic carbocycles. The van der Waals surface area contributed by atoms with E-state index in [-0.39, 0.29) is 10.8 Å². The maximum Gasteiger partial charge on any atom is 0.241 e. The average molecular weight is 335 g/mol. The summed E-state index contributed by atoms with van der Waals surface area (Å²) < 4.78 is 27.6. The maximum atomic E-state index is 12.2. The highest BCUT2D eigenvalue weighted by Crippen LogP contribution is 2.27. The number of aryl methyl sites for hydroxylation is 1. The lowest BCUT2D eigenvalue weighted by molar-refractivity contribution is 0.559. The van der Waals surface area contributed by atoms with Crippen molar-refractivity contribution < 1.29 is 8.42 Å². The highest BCUT2D eigenvalue weighted by atomic mass is 79.9. The van der Waals surface area contributed by atoms with Crippen molar-refractivity contribution in [3.05, 3.63) is 27.7 Å². The summed E-state index contributed by atoms with van der Waals surface area (Å²) in [6, 6.07) is 3.49. The molecule has 0 radical (unpaired) electrons. The summed E-state index contributed by atoms with van der Waals surface area (Å²) in [5.74, 6) is 0.261. The number of benzene rings is 1. The monoisotopic (exact) mass is 334 g/mol. The Morgan fingerprint density at radius 1 is 1.39 bits per heavy atom. The van der Waals surface area contributed by atoms with Crippen LogP contribution in [0.15, 0.2) is 21.5 Å². The molecule has 0 aliphatic carbocycles. The molecule has 0 amide bonds. The molecule has 0 heterocycles. The van der Waals surface area contributed by atoms with Gasteiger partial charge < -0.3 is 5.73 Å². The summed E-state index contributed by atoms with van der Waals surface area (Å²) >= 11 is 3.33. The van der Waals surface area contributed by atoms with Crippen molar-refractivity contribution in [3.63, 3.8) is 0 Å². The van der Waals surface area contributed by atoms with E-state index in [0.29, 0.717) is 17.6 Å². The Hall–Kier alpha value is -0.430. The molecule has 1 rings (SSSR count). The summed E-state index contributed by atoms with van der Waals surface area (Å²) in [6.07, 6.45) is 0. The van der Waals surface area contributed by atoms with Crippen LogP contribution in [0.2, 0.25) is 0 Å². The van der Waals surface area contributed by atoms with Gasteiger partial charge in [0.2, 0.25) is 10.0 Å².